The predicted octanol–water partition coefficient (Wildman–Crippen LogP) is 3.54. The summed E-state index contributed by atoms with van der Waals surface area (Å²) in [5, 5.41) is 2.58. The summed E-state index contributed by atoms with van der Waals surface area (Å²) in [5.74, 6) is 0.332. The van der Waals surface area contributed by atoms with E-state index in [0.29, 0.717) is 12.2 Å². The molecule has 3 nitrogen and oxygen atoms in total. The zero-order valence-electron chi connectivity index (χ0n) is 12.4. The van der Waals surface area contributed by atoms with Crippen molar-refractivity contribution in [3.05, 3.63) is 65.5 Å². The minimum Gasteiger partial charge on any atom is -0.326 e. The SMILES string of the molecule is CC(SCc1cccc(CN)c1)C(=O)Nc1ccc(F)cc1. The van der Waals surface area contributed by atoms with Gasteiger partial charge in [0.15, 0.2) is 0 Å². The van der Waals surface area contributed by atoms with Crippen molar-refractivity contribution < 1.29 is 9.18 Å². The van der Waals surface area contributed by atoms with Crippen molar-refractivity contribution >= 4 is 23.4 Å². The van der Waals surface area contributed by atoms with Gasteiger partial charge in [-0.1, -0.05) is 24.3 Å². The number of halogens is 1. The van der Waals surface area contributed by atoms with Crippen LogP contribution in [0.3, 0.4) is 0 Å². The third kappa shape index (κ3) is 4.86. The van der Waals surface area contributed by atoms with Crippen LogP contribution in [0, 0.1) is 5.82 Å². The van der Waals surface area contributed by atoms with Crippen LogP contribution >= 0.6 is 11.8 Å². The molecule has 1 atom stereocenters. The van der Waals surface area contributed by atoms with E-state index in [-0.39, 0.29) is 17.0 Å². The lowest BCUT2D eigenvalue weighted by molar-refractivity contribution is -0.115. The Kier molecular flexibility index (Phi) is 5.98. The Bertz CT molecular complexity index is 631. The summed E-state index contributed by atoms with van der Waals surface area (Å²) in [6.07, 6.45) is 0. The number of hydrogen-bond acceptors (Lipinski definition) is 3. The Morgan fingerprint density at radius 2 is 1.91 bits per heavy atom. The third-order valence-corrected chi connectivity index (χ3v) is 4.42. The normalized spacial score (nSPS) is 12.0. The molecule has 1 amide bonds. The summed E-state index contributed by atoms with van der Waals surface area (Å²) >= 11 is 1.55. The minimum absolute atomic E-state index is 0.0911. The third-order valence-electron chi connectivity index (χ3n) is 3.21. The fraction of sp³-hybridized carbons (Fsp3) is 0.235. The number of rotatable bonds is 6. The Labute approximate surface area is 134 Å². The summed E-state index contributed by atoms with van der Waals surface area (Å²) < 4.78 is 12.8. The van der Waals surface area contributed by atoms with Crippen LogP contribution < -0.4 is 11.1 Å². The average Bonchev–Trinajstić information content (AvgIpc) is 2.54. The highest BCUT2D eigenvalue weighted by Gasteiger charge is 2.13. The molecule has 0 fully saturated rings. The summed E-state index contributed by atoms with van der Waals surface area (Å²) in [5.41, 5.74) is 8.46. The number of carbonyl (C=O) groups is 1. The minimum atomic E-state index is -0.319. The molecule has 0 aliphatic rings. The first-order chi connectivity index (χ1) is 10.6. The molecular formula is C17H19FN2OS. The summed E-state index contributed by atoms with van der Waals surface area (Å²) in [4.78, 5) is 12.1. The van der Waals surface area contributed by atoms with Crippen LogP contribution in [0.2, 0.25) is 0 Å². The standard InChI is InChI=1S/C17H19FN2OS/c1-12(17(21)20-16-7-5-15(18)6-8-16)22-11-14-4-2-3-13(9-14)10-19/h2-9,12H,10-11,19H2,1H3,(H,20,21). The fourth-order valence-corrected chi connectivity index (χ4v) is 2.75. The summed E-state index contributed by atoms with van der Waals surface area (Å²) in [7, 11) is 0. The predicted molar refractivity (Wildman–Crippen MR) is 90.1 cm³/mol. The van der Waals surface area contributed by atoms with Crippen molar-refractivity contribution in [3.63, 3.8) is 0 Å². The molecule has 2 aromatic carbocycles. The largest absolute Gasteiger partial charge is 0.326 e. The lowest BCUT2D eigenvalue weighted by atomic mass is 10.1. The maximum atomic E-state index is 12.8. The zero-order chi connectivity index (χ0) is 15.9. The second-order valence-electron chi connectivity index (χ2n) is 4.97. The number of amides is 1. The molecule has 3 N–H and O–H groups in total. The first-order valence-electron chi connectivity index (χ1n) is 7.04. The number of nitrogens with two attached hydrogens (primary N) is 1. The smallest absolute Gasteiger partial charge is 0.237 e. The van der Waals surface area contributed by atoms with Gasteiger partial charge in [-0.15, -0.1) is 11.8 Å². The monoisotopic (exact) mass is 318 g/mol. The van der Waals surface area contributed by atoms with Gasteiger partial charge in [0.2, 0.25) is 5.91 Å². The van der Waals surface area contributed by atoms with E-state index in [1.165, 1.54) is 12.1 Å². The van der Waals surface area contributed by atoms with Gasteiger partial charge in [-0.25, -0.2) is 4.39 Å². The average molecular weight is 318 g/mol. The Morgan fingerprint density at radius 3 is 2.59 bits per heavy atom. The molecule has 0 saturated heterocycles. The quantitative estimate of drug-likeness (QED) is 0.856. The van der Waals surface area contributed by atoms with Gasteiger partial charge >= 0.3 is 0 Å². The van der Waals surface area contributed by atoms with Gasteiger partial charge in [-0.2, -0.15) is 0 Å². The molecule has 5 heteroatoms. The van der Waals surface area contributed by atoms with Crippen molar-refractivity contribution in [1.29, 1.82) is 0 Å². The highest BCUT2D eigenvalue weighted by molar-refractivity contribution is 7.99. The van der Waals surface area contributed by atoms with E-state index in [1.807, 2.05) is 25.1 Å². The van der Waals surface area contributed by atoms with Crippen molar-refractivity contribution in [2.24, 2.45) is 5.73 Å². The lowest BCUT2D eigenvalue weighted by Crippen LogP contribution is -2.22. The number of nitrogens with one attached hydrogen (secondary N) is 1. The number of carbonyl (C=O) groups excluding carboxylic acids is 1. The summed E-state index contributed by atoms with van der Waals surface area (Å²) in [6.45, 7) is 2.37. The van der Waals surface area contributed by atoms with E-state index in [4.69, 9.17) is 5.73 Å². The van der Waals surface area contributed by atoms with E-state index in [2.05, 4.69) is 11.4 Å². The molecule has 0 aliphatic heterocycles. The number of anilines is 1. The molecule has 0 saturated carbocycles. The van der Waals surface area contributed by atoms with E-state index in [1.54, 1.807) is 23.9 Å². The maximum Gasteiger partial charge on any atom is 0.237 e. The van der Waals surface area contributed by atoms with Gasteiger partial charge in [0.05, 0.1) is 5.25 Å². The molecule has 0 radical (unpaired) electrons. The molecule has 0 aliphatic carbocycles. The molecule has 2 aromatic rings. The van der Waals surface area contributed by atoms with Crippen LogP contribution in [0.1, 0.15) is 18.1 Å². The Morgan fingerprint density at radius 1 is 1.23 bits per heavy atom. The van der Waals surface area contributed by atoms with Gasteiger partial charge in [0.25, 0.3) is 0 Å². The van der Waals surface area contributed by atoms with Gasteiger partial charge in [0, 0.05) is 18.0 Å². The molecule has 0 spiro atoms. The molecule has 0 aromatic heterocycles. The van der Waals surface area contributed by atoms with Crippen LogP contribution in [0.5, 0.6) is 0 Å². The number of thioether (sulfide) groups is 1. The first-order valence-corrected chi connectivity index (χ1v) is 8.09. The van der Waals surface area contributed by atoms with Crippen molar-refractivity contribution in [2.75, 3.05) is 5.32 Å². The first kappa shape index (κ1) is 16.5. The molecular weight excluding hydrogens is 299 g/mol. The zero-order valence-corrected chi connectivity index (χ0v) is 13.2. The van der Waals surface area contributed by atoms with E-state index >= 15 is 0 Å². The van der Waals surface area contributed by atoms with E-state index in [0.717, 1.165) is 16.9 Å². The highest BCUT2D eigenvalue weighted by atomic mass is 32.2. The number of hydrogen-bond donors (Lipinski definition) is 2. The molecule has 0 heterocycles. The van der Waals surface area contributed by atoms with E-state index < -0.39 is 0 Å². The van der Waals surface area contributed by atoms with Gasteiger partial charge in [-0.3, -0.25) is 4.79 Å². The van der Waals surface area contributed by atoms with Crippen molar-refractivity contribution in [3.8, 4) is 0 Å². The molecule has 1 unspecified atom stereocenters. The highest BCUT2D eigenvalue weighted by Crippen LogP contribution is 2.20. The van der Waals surface area contributed by atoms with Crippen LogP contribution in [-0.2, 0) is 17.1 Å². The number of benzene rings is 2. The van der Waals surface area contributed by atoms with Crippen LogP contribution in [0.4, 0.5) is 10.1 Å². The Hall–Kier alpha value is -1.85. The molecule has 2 rings (SSSR count). The lowest BCUT2D eigenvalue weighted by Gasteiger charge is -2.12. The van der Waals surface area contributed by atoms with Crippen LogP contribution in [-0.4, -0.2) is 11.2 Å². The molecule has 22 heavy (non-hydrogen) atoms. The topological polar surface area (TPSA) is 55.1 Å². The van der Waals surface area contributed by atoms with E-state index in [9.17, 15) is 9.18 Å². The van der Waals surface area contributed by atoms with Gasteiger partial charge in [-0.05, 0) is 42.3 Å². The Balaban J connectivity index is 1.86. The second kappa shape index (κ2) is 7.96. The summed E-state index contributed by atoms with van der Waals surface area (Å²) in [6, 6.07) is 13.8. The van der Waals surface area contributed by atoms with Gasteiger partial charge in [0.1, 0.15) is 5.82 Å². The van der Waals surface area contributed by atoms with Crippen LogP contribution in [0.25, 0.3) is 0 Å². The van der Waals surface area contributed by atoms with Gasteiger partial charge < -0.3 is 11.1 Å². The van der Waals surface area contributed by atoms with Crippen molar-refractivity contribution in [1.82, 2.24) is 0 Å². The second-order valence-corrected chi connectivity index (χ2v) is 6.30. The fourth-order valence-electron chi connectivity index (χ4n) is 1.92. The van der Waals surface area contributed by atoms with Crippen molar-refractivity contribution in [2.45, 2.75) is 24.5 Å². The molecule has 0 bridgehead atoms. The molecule has 116 valence electrons. The maximum absolute atomic E-state index is 12.8. The van der Waals surface area contributed by atoms with Crippen LogP contribution in [0.15, 0.2) is 48.5 Å².